The number of halogens is 2. The molecule has 39 heavy (non-hydrogen) atoms. The van der Waals surface area contributed by atoms with Crippen LogP contribution in [0.4, 0.5) is 10.1 Å². The summed E-state index contributed by atoms with van der Waals surface area (Å²) in [7, 11) is 0. The standard InChI is InChI=1S/C28H38FN5O4.ClH/c1-16-15-32(18-13-20(14-18)38-19-7-9-30-10-8-19)11-12-33(16)22-4-3-21-25(26(22)29)17(2)34(28(21)37)23-5-6-24(35)31-27(23)36;/h3-4,16-20,23,30H,5-15H2,1-2H3,(H,31,35,36);1H/t16-,17-,18-,20-,23?;/m1./s1. The molecule has 11 heteroatoms. The number of rotatable bonds is 5. The zero-order chi connectivity index (χ0) is 26.6. The van der Waals surface area contributed by atoms with Gasteiger partial charge in [-0.2, -0.15) is 0 Å². The molecule has 4 heterocycles. The second-order valence-electron chi connectivity index (χ2n) is 11.6. The molecule has 0 radical (unpaired) electrons. The van der Waals surface area contributed by atoms with Crippen molar-refractivity contribution in [3.8, 4) is 0 Å². The molecule has 4 aliphatic heterocycles. The number of benzene rings is 1. The number of carbonyl (C=O) groups is 3. The van der Waals surface area contributed by atoms with Gasteiger partial charge in [0.05, 0.1) is 23.9 Å². The van der Waals surface area contributed by atoms with E-state index in [0.29, 0.717) is 41.6 Å². The lowest BCUT2D eigenvalue weighted by Crippen LogP contribution is -2.59. The van der Waals surface area contributed by atoms with Gasteiger partial charge in [-0.3, -0.25) is 24.6 Å². The fourth-order valence-electron chi connectivity index (χ4n) is 7.04. The molecule has 4 fully saturated rings. The molecule has 3 atom stereocenters. The molecule has 214 valence electrons. The van der Waals surface area contributed by atoms with Gasteiger partial charge in [0.25, 0.3) is 5.91 Å². The predicted octanol–water partition coefficient (Wildman–Crippen LogP) is 2.38. The van der Waals surface area contributed by atoms with Gasteiger partial charge >= 0.3 is 0 Å². The average Bonchev–Trinajstić information content (AvgIpc) is 3.13. The van der Waals surface area contributed by atoms with Crippen molar-refractivity contribution in [2.24, 2.45) is 0 Å². The molecule has 0 bridgehead atoms. The molecule has 6 rings (SSSR count). The molecular formula is C28H39ClFN5O4. The van der Waals surface area contributed by atoms with Gasteiger partial charge in [0.2, 0.25) is 11.8 Å². The van der Waals surface area contributed by atoms with Gasteiger partial charge in [0, 0.05) is 49.3 Å². The highest BCUT2D eigenvalue weighted by Crippen LogP contribution is 2.42. The van der Waals surface area contributed by atoms with E-state index in [1.165, 1.54) is 4.90 Å². The first-order valence-electron chi connectivity index (χ1n) is 14.2. The minimum absolute atomic E-state index is 0. The Balaban J connectivity index is 0.00000308. The average molecular weight is 564 g/mol. The molecule has 1 aliphatic carbocycles. The highest BCUT2D eigenvalue weighted by molar-refractivity contribution is 6.06. The normalized spacial score (nSPS) is 32.0. The van der Waals surface area contributed by atoms with Gasteiger partial charge in [-0.15, -0.1) is 12.4 Å². The van der Waals surface area contributed by atoms with E-state index in [4.69, 9.17) is 4.74 Å². The summed E-state index contributed by atoms with van der Waals surface area (Å²) in [5.74, 6) is -1.55. The molecule has 1 aromatic carbocycles. The van der Waals surface area contributed by atoms with Crippen molar-refractivity contribution in [2.75, 3.05) is 37.6 Å². The van der Waals surface area contributed by atoms with Gasteiger partial charge in [0.15, 0.2) is 5.82 Å². The maximum Gasteiger partial charge on any atom is 0.255 e. The van der Waals surface area contributed by atoms with Crippen molar-refractivity contribution in [1.82, 2.24) is 20.4 Å². The van der Waals surface area contributed by atoms with Gasteiger partial charge in [-0.1, -0.05) is 0 Å². The maximum atomic E-state index is 16.1. The van der Waals surface area contributed by atoms with Gasteiger partial charge in [0.1, 0.15) is 6.04 Å². The molecule has 5 aliphatic rings. The van der Waals surface area contributed by atoms with Crippen LogP contribution < -0.4 is 15.5 Å². The van der Waals surface area contributed by atoms with Crippen LogP contribution in [0.15, 0.2) is 12.1 Å². The number of piperidine rings is 2. The van der Waals surface area contributed by atoms with Crippen LogP contribution >= 0.6 is 12.4 Å². The van der Waals surface area contributed by atoms with Crippen molar-refractivity contribution in [2.45, 2.75) is 88.7 Å². The van der Waals surface area contributed by atoms with Crippen LogP contribution in [0, 0.1) is 5.82 Å². The number of ether oxygens (including phenoxy) is 1. The van der Waals surface area contributed by atoms with Crippen molar-refractivity contribution >= 4 is 35.8 Å². The Kier molecular flexibility index (Phi) is 8.20. The SMILES string of the molecule is C[C@@H]1CN([C@H]2C[C@H](OC3CCNCC3)C2)CCN1c1ccc2c(c1F)[C@@H](C)N(C1CCC(=O)NC1=O)C2=O.Cl. The molecule has 1 saturated carbocycles. The zero-order valence-corrected chi connectivity index (χ0v) is 23.5. The van der Waals surface area contributed by atoms with Crippen molar-refractivity contribution in [1.29, 1.82) is 0 Å². The van der Waals surface area contributed by atoms with E-state index in [-0.39, 0.29) is 48.9 Å². The third-order valence-electron chi connectivity index (χ3n) is 9.23. The Bertz CT molecular complexity index is 1130. The second kappa shape index (κ2) is 11.3. The maximum absolute atomic E-state index is 16.1. The number of nitrogens with zero attached hydrogens (tertiary/aromatic N) is 3. The van der Waals surface area contributed by atoms with Crippen LogP contribution in [0.1, 0.15) is 74.3 Å². The molecule has 3 saturated heterocycles. The molecule has 2 N–H and O–H groups in total. The summed E-state index contributed by atoms with van der Waals surface area (Å²) in [6.07, 6.45) is 5.51. The number of amides is 3. The number of carbonyl (C=O) groups excluding carboxylic acids is 3. The van der Waals surface area contributed by atoms with Crippen LogP contribution in [0.2, 0.25) is 0 Å². The topological polar surface area (TPSA) is 94.2 Å². The summed E-state index contributed by atoms with van der Waals surface area (Å²) in [6, 6.07) is 2.72. The van der Waals surface area contributed by atoms with E-state index >= 15 is 4.39 Å². The summed E-state index contributed by atoms with van der Waals surface area (Å²) in [4.78, 5) is 43.3. The fourth-order valence-corrected chi connectivity index (χ4v) is 7.04. The first-order valence-corrected chi connectivity index (χ1v) is 14.2. The summed E-state index contributed by atoms with van der Waals surface area (Å²) in [5, 5.41) is 5.70. The molecule has 0 spiro atoms. The Morgan fingerprint density at radius 1 is 1.00 bits per heavy atom. The van der Waals surface area contributed by atoms with Crippen molar-refractivity contribution in [3.63, 3.8) is 0 Å². The van der Waals surface area contributed by atoms with E-state index in [1.54, 1.807) is 19.1 Å². The van der Waals surface area contributed by atoms with Crippen LogP contribution in [-0.2, 0) is 14.3 Å². The third-order valence-corrected chi connectivity index (χ3v) is 9.23. The number of nitrogens with one attached hydrogen (secondary N) is 2. The van der Waals surface area contributed by atoms with Crippen molar-refractivity contribution in [3.05, 3.63) is 29.1 Å². The predicted molar refractivity (Wildman–Crippen MR) is 147 cm³/mol. The Labute approximate surface area is 235 Å². The molecular weight excluding hydrogens is 525 g/mol. The number of hydrogen-bond donors (Lipinski definition) is 2. The highest BCUT2D eigenvalue weighted by atomic mass is 35.5. The van der Waals surface area contributed by atoms with Crippen LogP contribution in [0.25, 0.3) is 0 Å². The van der Waals surface area contributed by atoms with E-state index in [9.17, 15) is 14.4 Å². The summed E-state index contributed by atoms with van der Waals surface area (Å²) in [5.41, 5.74) is 1.18. The molecule has 3 amide bonds. The molecule has 0 aromatic heterocycles. The minimum Gasteiger partial charge on any atom is -0.375 e. The molecule has 1 aromatic rings. The lowest BCUT2D eigenvalue weighted by Gasteiger charge is -2.49. The van der Waals surface area contributed by atoms with Crippen LogP contribution in [0.3, 0.4) is 0 Å². The van der Waals surface area contributed by atoms with E-state index in [2.05, 4.69) is 27.4 Å². The monoisotopic (exact) mass is 563 g/mol. The van der Waals surface area contributed by atoms with Gasteiger partial charge < -0.3 is 19.9 Å². The minimum atomic E-state index is -0.766. The van der Waals surface area contributed by atoms with Gasteiger partial charge in [-0.25, -0.2) is 4.39 Å². The second-order valence-corrected chi connectivity index (χ2v) is 11.6. The van der Waals surface area contributed by atoms with E-state index < -0.39 is 18.0 Å². The lowest BCUT2D eigenvalue weighted by atomic mass is 9.86. The zero-order valence-electron chi connectivity index (χ0n) is 22.7. The Morgan fingerprint density at radius 3 is 2.44 bits per heavy atom. The molecule has 1 unspecified atom stereocenters. The summed E-state index contributed by atoms with van der Waals surface area (Å²) >= 11 is 0. The highest BCUT2D eigenvalue weighted by Gasteiger charge is 2.45. The number of anilines is 1. The number of imide groups is 1. The first-order chi connectivity index (χ1) is 18.3. The van der Waals surface area contributed by atoms with Gasteiger partial charge in [-0.05, 0) is 71.2 Å². The summed E-state index contributed by atoms with van der Waals surface area (Å²) < 4.78 is 22.4. The van der Waals surface area contributed by atoms with Crippen molar-refractivity contribution < 1.29 is 23.5 Å². The van der Waals surface area contributed by atoms with E-state index in [0.717, 1.165) is 51.9 Å². The Morgan fingerprint density at radius 2 is 1.74 bits per heavy atom. The third kappa shape index (κ3) is 5.16. The Hall–Kier alpha value is -2.27. The first kappa shape index (κ1) is 28.3. The smallest absolute Gasteiger partial charge is 0.255 e. The van der Waals surface area contributed by atoms with Crippen LogP contribution in [0.5, 0.6) is 0 Å². The fraction of sp³-hybridized carbons (Fsp3) is 0.679. The number of hydrogen-bond acceptors (Lipinski definition) is 7. The lowest BCUT2D eigenvalue weighted by molar-refractivity contribution is -0.137. The number of piperazine rings is 1. The number of fused-ring (bicyclic) bond motifs is 1. The largest absolute Gasteiger partial charge is 0.375 e. The quantitative estimate of drug-likeness (QED) is 0.531. The molecule has 9 nitrogen and oxygen atoms in total. The van der Waals surface area contributed by atoms with E-state index in [1.807, 2.05) is 0 Å². The summed E-state index contributed by atoms with van der Waals surface area (Å²) in [6.45, 7) is 8.42. The van der Waals surface area contributed by atoms with Crippen LogP contribution in [-0.4, -0.2) is 90.6 Å².